The van der Waals surface area contributed by atoms with E-state index in [-0.39, 0.29) is 5.92 Å². The van der Waals surface area contributed by atoms with Crippen molar-refractivity contribution in [1.82, 2.24) is 0 Å². The van der Waals surface area contributed by atoms with Crippen molar-refractivity contribution < 1.29 is 18.1 Å². The Bertz CT molecular complexity index is 215. The van der Waals surface area contributed by atoms with Gasteiger partial charge in [-0.05, 0) is 6.42 Å². The van der Waals surface area contributed by atoms with Crippen molar-refractivity contribution in [3.63, 3.8) is 0 Å². The van der Waals surface area contributed by atoms with Gasteiger partial charge in [0.1, 0.15) is 0 Å². The molecule has 2 unspecified atom stereocenters. The number of carbonyl (C=O) groups is 1. The van der Waals surface area contributed by atoms with Crippen LogP contribution in [0.5, 0.6) is 0 Å². The van der Waals surface area contributed by atoms with E-state index in [9.17, 15) is 4.79 Å². The molecule has 0 fully saturated rings. The van der Waals surface area contributed by atoms with Crippen molar-refractivity contribution in [1.29, 1.82) is 0 Å². The van der Waals surface area contributed by atoms with Crippen LogP contribution in [0.1, 0.15) is 13.3 Å². The Balaban J connectivity index is 4.61. The van der Waals surface area contributed by atoms with Gasteiger partial charge in [-0.15, -0.1) is 0 Å². The molecule has 96 valence electrons. The fourth-order valence-electron chi connectivity index (χ4n) is 1.65. The topological polar surface area (TPSA) is 96.8 Å². The van der Waals surface area contributed by atoms with E-state index >= 15 is 0 Å². The van der Waals surface area contributed by atoms with Gasteiger partial charge in [-0.2, -0.15) is 0 Å². The van der Waals surface area contributed by atoms with Gasteiger partial charge in [-0.1, -0.05) is 6.92 Å². The maximum Gasteiger partial charge on any atom is 0.501 e. The Kier molecular flexibility index (Phi) is 6.76. The third-order valence-corrected chi connectivity index (χ3v) is 5.58. The molecule has 6 nitrogen and oxygen atoms in total. The van der Waals surface area contributed by atoms with Crippen molar-refractivity contribution in [3.05, 3.63) is 0 Å². The molecule has 0 radical (unpaired) electrons. The van der Waals surface area contributed by atoms with E-state index in [0.717, 1.165) is 0 Å². The molecule has 1 amide bonds. The Morgan fingerprint density at radius 1 is 1.25 bits per heavy atom. The van der Waals surface area contributed by atoms with Crippen LogP contribution in [-0.4, -0.2) is 42.1 Å². The summed E-state index contributed by atoms with van der Waals surface area (Å²) in [5.74, 6) is -0.784. The zero-order valence-corrected chi connectivity index (χ0v) is 11.4. The van der Waals surface area contributed by atoms with E-state index in [1.807, 2.05) is 6.92 Å². The summed E-state index contributed by atoms with van der Waals surface area (Å²) in [6.45, 7) is 1.87. The highest BCUT2D eigenvalue weighted by molar-refractivity contribution is 6.60. The van der Waals surface area contributed by atoms with Crippen LogP contribution < -0.4 is 11.5 Å². The SMILES string of the molecule is CCC(C(N)=O)C(N)C[Si](OC)(OC)OC. The number of amides is 1. The monoisotopic (exact) mass is 250 g/mol. The lowest BCUT2D eigenvalue weighted by atomic mass is 9.98. The number of hydrogen-bond acceptors (Lipinski definition) is 5. The summed E-state index contributed by atoms with van der Waals surface area (Å²) in [6, 6.07) is -0.0354. The molecule has 0 bridgehead atoms. The Hall–Kier alpha value is -0.473. The van der Waals surface area contributed by atoms with E-state index in [4.69, 9.17) is 24.7 Å². The summed E-state index contributed by atoms with van der Waals surface area (Å²) < 4.78 is 15.7. The van der Waals surface area contributed by atoms with Crippen molar-refractivity contribution in [2.75, 3.05) is 21.3 Å². The maximum absolute atomic E-state index is 11.2. The molecule has 0 aromatic heterocycles. The van der Waals surface area contributed by atoms with Gasteiger partial charge < -0.3 is 24.7 Å². The zero-order valence-electron chi connectivity index (χ0n) is 10.4. The third kappa shape index (κ3) is 3.83. The molecular weight excluding hydrogens is 228 g/mol. The molecule has 0 aliphatic carbocycles. The minimum atomic E-state index is -2.74. The fraction of sp³-hybridized carbons (Fsp3) is 0.889. The molecule has 4 N–H and O–H groups in total. The minimum Gasteiger partial charge on any atom is -0.377 e. The molecule has 0 saturated carbocycles. The lowest BCUT2D eigenvalue weighted by Crippen LogP contribution is -2.51. The average molecular weight is 250 g/mol. The van der Waals surface area contributed by atoms with Crippen LogP contribution >= 0.6 is 0 Å². The highest BCUT2D eigenvalue weighted by Crippen LogP contribution is 2.20. The summed E-state index contributed by atoms with van der Waals surface area (Å²) in [5, 5.41) is 0. The molecule has 2 atom stereocenters. The highest BCUT2D eigenvalue weighted by atomic mass is 28.4. The summed E-state index contributed by atoms with van der Waals surface area (Å²) >= 11 is 0. The second-order valence-corrected chi connectivity index (χ2v) is 6.58. The summed E-state index contributed by atoms with van der Waals surface area (Å²) in [7, 11) is 1.80. The van der Waals surface area contributed by atoms with Crippen LogP contribution in [0, 0.1) is 5.92 Å². The first-order valence-corrected chi connectivity index (χ1v) is 7.09. The van der Waals surface area contributed by atoms with Crippen LogP contribution in [0.4, 0.5) is 0 Å². The summed E-state index contributed by atoms with van der Waals surface area (Å²) in [5.41, 5.74) is 11.2. The molecule has 16 heavy (non-hydrogen) atoms. The van der Waals surface area contributed by atoms with Crippen LogP contribution in [0.3, 0.4) is 0 Å². The number of hydrogen-bond donors (Lipinski definition) is 2. The van der Waals surface area contributed by atoms with Gasteiger partial charge in [-0.3, -0.25) is 4.79 Å². The number of rotatable bonds is 8. The highest BCUT2D eigenvalue weighted by Gasteiger charge is 2.42. The second-order valence-electron chi connectivity index (χ2n) is 3.58. The van der Waals surface area contributed by atoms with E-state index in [2.05, 4.69) is 0 Å². The van der Waals surface area contributed by atoms with Crippen molar-refractivity contribution in [2.24, 2.45) is 17.4 Å². The Morgan fingerprint density at radius 2 is 1.69 bits per heavy atom. The predicted octanol–water partition coefficient (Wildman–Crippen LogP) is -0.297. The van der Waals surface area contributed by atoms with Crippen LogP contribution in [-0.2, 0) is 18.1 Å². The van der Waals surface area contributed by atoms with Crippen LogP contribution in [0.2, 0.25) is 6.04 Å². The predicted molar refractivity (Wildman–Crippen MR) is 62.5 cm³/mol. The number of carbonyl (C=O) groups excluding carboxylic acids is 1. The van der Waals surface area contributed by atoms with Crippen LogP contribution in [0.15, 0.2) is 0 Å². The number of nitrogens with two attached hydrogens (primary N) is 2. The van der Waals surface area contributed by atoms with E-state index < -0.39 is 20.8 Å². The van der Waals surface area contributed by atoms with Gasteiger partial charge in [0, 0.05) is 33.4 Å². The van der Waals surface area contributed by atoms with E-state index in [1.165, 1.54) is 21.3 Å². The summed E-state index contributed by atoms with van der Waals surface area (Å²) in [4.78, 5) is 11.2. The molecule has 0 heterocycles. The van der Waals surface area contributed by atoms with Gasteiger partial charge in [-0.25, -0.2) is 0 Å². The quantitative estimate of drug-likeness (QED) is 0.577. The largest absolute Gasteiger partial charge is 0.501 e. The second kappa shape index (κ2) is 6.97. The average Bonchev–Trinajstić information content (AvgIpc) is 2.26. The van der Waals surface area contributed by atoms with Crippen molar-refractivity contribution in [3.8, 4) is 0 Å². The molecular formula is C9H22N2O4Si. The minimum absolute atomic E-state index is 0.373. The lowest BCUT2D eigenvalue weighted by Gasteiger charge is -2.29. The molecule has 0 aliphatic rings. The molecule has 0 aromatic carbocycles. The first kappa shape index (κ1) is 15.5. The molecule has 0 saturated heterocycles. The van der Waals surface area contributed by atoms with E-state index in [1.54, 1.807) is 0 Å². The van der Waals surface area contributed by atoms with Gasteiger partial charge in [0.25, 0.3) is 0 Å². The van der Waals surface area contributed by atoms with Crippen molar-refractivity contribution >= 4 is 14.7 Å². The van der Waals surface area contributed by atoms with E-state index in [0.29, 0.717) is 12.5 Å². The Morgan fingerprint density at radius 3 is 1.94 bits per heavy atom. The fourth-order valence-corrected chi connectivity index (χ4v) is 3.51. The van der Waals surface area contributed by atoms with Gasteiger partial charge in [0.15, 0.2) is 0 Å². The smallest absolute Gasteiger partial charge is 0.377 e. The van der Waals surface area contributed by atoms with Gasteiger partial charge in [0.2, 0.25) is 5.91 Å². The first-order chi connectivity index (χ1) is 7.46. The third-order valence-electron chi connectivity index (χ3n) is 2.74. The molecule has 0 rings (SSSR count). The van der Waals surface area contributed by atoms with Crippen molar-refractivity contribution in [2.45, 2.75) is 25.4 Å². The molecule has 0 spiro atoms. The standard InChI is InChI=1S/C9H22N2O4Si/c1-5-7(9(11)12)8(10)6-16(13-2,14-3)15-4/h7-8H,5-6,10H2,1-4H3,(H2,11,12). The normalized spacial score (nSPS) is 15.8. The van der Waals surface area contributed by atoms with Gasteiger partial charge in [0.05, 0.1) is 5.92 Å². The summed E-state index contributed by atoms with van der Waals surface area (Å²) in [6.07, 6.45) is 0.595. The number of primary amides is 1. The molecule has 7 heteroatoms. The zero-order chi connectivity index (χ0) is 12.8. The molecule has 0 aromatic rings. The maximum atomic E-state index is 11.2. The molecule has 0 aliphatic heterocycles. The first-order valence-electron chi connectivity index (χ1n) is 5.16. The lowest BCUT2D eigenvalue weighted by molar-refractivity contribution is -0.122. The van der Waals surface area contributed by atoms with Gasteiger partial charge >= 0.3 is 8.80 Å². The Labute approximate surface area is 97.6 Å². The van der Waals surface area contributed by atoms with Crippen LogP contribution in [0.25, 0.3) is 0 Å².